The number of aromatic nitrogens is 4. The number of nitrogens with zero attached hydrogens (tertiary/aromatic N) is 6. The highest BCUT2D eigenvalue weighted by molar-refractivity contribution is 5.53. The van der Waals surface area contributed by atoms with Crippen molar-refractivity contribution in [2.24, 2.45) is 11.8 Å². The summed E-state index contributed by atoms with van der Waals surface area (Å²) < 4.78 is 41.8. The maximum absolute atomic E-state index is 13.3. The van der Waals surface area contributed by atoms with Gasteiger partial charge < -0.3 is 9.80 Å². The molecule has 3 aromatic heterocycles. The summed E-state index contributed by atoms with van der Waals surface area (Å²) in [5.41, 5.74) is 1.07. The first-order chi connectivity index (χ1) is 13.4. The molecule has 0 N–H and O–H groups in total. The Hall–Kier alpha value is -2.84. The lowest BCUT2D eigenvalue weighted by molar-refractivity contribution is -0.137. The van der Waals surface area contributed by atoms with Crippen LogP contribution in [-0.4, -0.2) is 45.8 Å². The van der Waals surface area contributed by atoms with Gasteiger partial charge in [-0.3, -0.25) is 0 Å². The smallest absolute Gasteiger partial charge is 0.356 e. The molecule has 5 rings (SSSR count). The average molecular weight is 388 g/mol. The summed E-state index contributed by atoms with van der Waals surface area (Å²) in [5, 5.41) is 4.37. The lowest BCUT2D eigenvalue weighted by Crippen LogP contribution is -2.31. The van der Waals surface area contributed by atoms with Crippen LogP contribution in [-0.2, 0) is 6.18 Å². The Morgan fingerprint density at radius 1 is 1.00 bits per heavy atom. The molecule has 28 heavy (non-hydrogen) atoms. The SMILES string of the molecule is Cc1cc(N2CC3CN(c4ncccc4C(F)(F)F)CC3C2)n2nccc2n1. The monoisotopic (exact) mass is 388 g/mol. The van der Waals surface area contributed by atoms with Gasteiger partial charge in [-0.25, -0.2) is 9.97 Å². The van der Waals surface area contributed by atoms with Crippen LogP contribution in [0.5, 0.6) is 0 Å². The van der Waals surface area contributed by atoms with Crippen LogP contribution in [0.15, 0.2) is 36.7 Å². The Labute approximate surface area is 159 Å². The molecule has 5 heterocycles. The minimum atomic E-state index is -4.40. The highest BCUT2D eigenvalue weighted by Crippen LogP contribution is 2.40. The number of fused-ring (bicyclic) bond motifs is 2. The van der Waals surface area contributed by atoms with Crippen molar-refractivity contribution in [3.8, 4) is 0 Å². The maximum Gasteiger partial charge on any atom is 0.419 e. The fourth-order valence-electron chi connectivity index (χ4n) is 4.47. The van der Waals surface area contributed by atoms with Crippen molar-refractivity contribution < 1.29 is 13.2 Å². The van der Waals surface area contributed by atoms with Gasteiger partial charge in [-0.05, 0) is 19.1 Å². The van der Waals surface area contributed by atoms with Gasteiger partial charge in [-0.2, -0.15) is 22.8 Å². The van der Waals surface area contributed by atoms with E-state index in [1.54, 1.807) is 11.1 Å². The summed E-state index contributed by atoms with van der Waals surface area (Å²) in [6.07, 6.45) is -1.24. The molecule has 0 aromatic carbocycles. The lowest BCUT2D eigenvalue weighted by atomic mass is 10.0. The second kappa shape index (κ2) is 6.08. The van der Waals surface area contributed by atoms with Crippen molar-refractivity contribution in [2.75, 3.05) is 36.0 Å². The van der Waals surface area contributed by atoms with Crippen LogP contribution in [0, 0.1) is 18.8 Å². The molecule has 2 saturated heterocycles. The number of hydrogen-bond donors (Lipinski definition) is 0. The fraction of sp³-hybridized carbons (Fsp3) is 0.421. The number of alkyl halides is 3. The van der Waals surface area contributed by atoms with Crippen LogP contribution >= 0.6 is 0 Å². The van der Waals surface area contributed by atoms with Crippen LogP contribution in [0.25, 0.3) is 5.65 Å². The molecule has 0 spiro atoms. The van der Waals surface area contributed by atoms with Crippen molar-refractivity contribution in [2.45, 2.75) is 13.1 Å². The third-order valence-corrected chi connectivity index (χ3v) is 5.67. The summed E-state index contributed by atoms with van der Waals surface area (Å²) in [5.74, 6) is 1.62. The zero-order valence-electron chi connectivity index (χ0n) is 15.3. The molecule has 2 aliphatic rings. The molecule has 3 aromatic rings. The van der Waals surface area contributed by atoms with Crippen LogP contribution in [0.3, 0.4) is 0 Å². The van der Waals surface area contributed by atoms with E-state index >= 15 is 0 Å². The van der Waals surface area contributed by atoms with Gasteiger partial charge in [0.05, 0.1) is 11.8 Å². The Morgan fingerprint density at radius 2 is 1.71 bits per heavy atom. The number of rotatable bonds is 2. The van der Waals surface area contributed by atoms with Gasteiger partial charge in [-0.1, -0.05) is 0 Å². The number of aryl methyl sites for hydroxylation is 1. The van der Waals surface area contributed by atoms with Gasteiger partial charge in [0, 0.05) is 62.0 Å². The predicted octanol–water partition coefficient (Wildman–Crippen LogP) is 3.02. The quantitative estimate of drug-likeness (QED) is 0.676. The molecular weight excluding hydrogens is 369 g/mol. The first kappa shape index (κ1) is 17.3. The van der Waals surface area contributed by atoms with Crippen molar-refractivity contribution in [1.29, 1.82) is 0 Å². The maximum atomic E-state index is 13.3. The van der Waals surface area contributed by atoms with Gasteiger partial charge in [0.1, 0.15) is 11.6 Å². The Morgan fingerprint density at radius 3 is 2.43 bits per heavy atom. The molecule has 0 radical (unpaired) electrons. The number of halogens is 3. The molecule has 6 nitrogen and oxygen atoms in total. The summed E-state index contributed by atoms with van der Waals surface area (Å²) in [6, 6.07) is 6.33. The topological polar surface area (TPSA) is 49.6 Å². The van der Waals surface area contributed by atoms with E-state index in [1.165, 1.54) is 12.3 Å². The molecule has 0 bridgehead atoms. The van der Waals surface area contributed by atoms with E-state index in [2.05, 4.69) is 20.0 Å². The molecule has 2 atom stereocenters. The Balaban J connectivity index is 1.38. The molecular formula is C19H19F3N6. The van der Waals surface area contributed by atoms with Crippen molar-refractivity contribution in [3.63, 3.8) is 0 Å². The predicted molar refractivity (Wildman–Crippen MR) is 98.4 cm³/mol. The molecule has 0 aliphatic carbocycles. The second-order valence-electron chi connectivity index (χ2n) is 7.56. The van der Waals surface area contributed by atoms with Crippen LogP contribution < -0.4 is 9.80 Å². The Bertz CT molecular complexity index is 1020. The lowest BCUT2D eigenvalue weighted by Gasteiger charge is -2.25. The van der Waals surface area contributed by atoms with Crippen LogP contribution in [0.2, 0.25) is 0 Å². The molecule has 2 aliphatic heterocycles. The summed E-state index contributed by atoms with van der Waals surface area (Å²) >= 11 is 0. The zero-order valence-corrected chi connectivity index (χ0v) is 15.3. The standard InChI is InChI=1S/C19H19F3N6/c1-12-7-17(28-16(25-12)4-6-24-28)26-8-13-10-27(11-14(13)9-26)18-15(19(20,21)22)3-2-5-23-18/h2-7,13-14H,8-11H2,1H3. The molecule has 0 saturated carbocycles. The van der Waals surface area contributed by atoms with E-state index in [0.717, 1.165) is 36.3 Å². The van der Waals surface area contributed by atoms with Gasteiger partial charge in [0.15, 0.2) is 5.65 Å². The Kier molecular flexibility index (Phi) is 3.75. The molecule has 146 valence electrons. The molecule has 2 fully saturated rings. The van der Waals surface area contributed by atoms with E-state index < -0.39 is 11.7 Å². The van der Waals surface area contributed by atoms with Crippen molar-refractivity contribution in [1.82, 2.24) is 19.6 Å². The van der Waals surface area contributed by atoms with E-state index in [-0.39, 0.29) is 5.82 Å². The van der Waals surface area contributed by atoms with E-state index in [0.29, 0.717) is 24.9 Å². The van der Waals surface area contributed by atoms with E-state index in [9.17, 15) is 13.2 Å². The number of anilines is 2. The minimum Gasteiger partial charge on any atom is -0.356 e. The second-order valence-corrected chi connectivity index (χ2v) is 7.56. The first-order valence-corrected chi connectivity index (χ1v) is 9.23. The van der Waals surface area contributed by atoms with E-state index in [4.69, 9.17) is 0 Å². The summed E-state index contributed by atoms with van der Waals surface area (Å²) in [7, 11) is 0. The summed E-state index contributed by atoms with van der Waals surface area (Å²) in [6.45, 7) is 4.68. The third kappa shape index (κ3) is 2.76. The first-order valence-electron chi connectivity index (χ1n) is 9.23. The number of pyridine rings is 1. The van der Waals surface area contributed by atoms with Crippen molar-refractivity contribution in [3.05, 3.63) is 47.9 Å². The highest BCUT2D eigenvalue weighted by atomic mass is 19.4. The fourth-order valence-corrected chi connectivity index (χ4v) is 4.47. The van der Waals surface area contributed by atoms with Crippen LogP contribution in [0.1, 0.15) is 11.3 Å². The van der Waals surface area contributed by atoms with Gasteiger partial charge in [0.25, 0.3) is 0 Å². The molecule has 0 amide bonds. The van der Waals surface area contributed by atoms with E-state index in [1.807, 2.05) is 23.6 Å². The normalized spacial score (nSPS) is 22.3. The number of hydrogen-bond acceptors (Lipinski definition) is 5. The molecule has 9 heteroatoms. The largest absolute Gasteiger partial charge is 0.419 e. The van der Waals surface area contributed by atoms with Gasteiger partial charge >= 0.3 is 6.18 Å². The highest BCUT2D eigenvalue weighted by Gasteiger charge is 2.44. The van der Waals surface area contributed by atoms with Gasteiger partial charge in [0.2, 0.25) is 0 Å². The summed E-state index contributed by atoms with van der Waals surface area (Å²) in [4.78, 5) is 12.6. The van der Waals surface area contributed by atoms with Crippen molar-refractivity contribution >= 4 is 17.3 Å². The third-order valence-electron chi connectivity index (χ3n) is 5.67. The van der Waals surface area contributed by atoms with Crippen LogP contribution in [0.4, 0.5) is 24.8 Å². The van der Waals surface area contributed by atoms with Gasteiger partial charge in [-0.15, -0.1) is 0 Å². The molecule has 2 unspecified atom stereocenters. The zero-order chi connectivity index (χ0) is 19.5. The average Bonchev–Trinajstić information content (AvgIpc) is 3.34. The minimum absolute atomic E-state index is 0.0465.